The monoisotopic (exact) mass is 494 g/mol. The van der Waals surface area contributed by atoms with E-state index in [0.29, 0.717) is 0 Å². The zero-order valence-corrected chi connectivity index (χ0v) is 21.7. The van der Waals surface area contributed by atoms with Crippen LogP contribution in [0.1, 0.15) is 41.5 Å². The molecule has 0 aliphatic heterocycles. The van der Waals surface area contributed by atoms with Gasteiger partial charge in [-0.25, -0.2) is 0 Å². The first-order valence-corrected chi connectivity index (χ1v) is 11.8. The Morgan fingerprint density at radius 1 is 0.559 bits per heavy atom. The van der Waals surface area contributed by atoms with Gasteiger partial charge in [-0.3, -0.25) is 19.4 Å². The molecule has 0 atom stereocenters. The van der Waals surface area contributed by atoms with Gasteiger partial charge in [-0.1, -0.05) is 0 Å². The molecule has 0 bridgehead atoms. The lowest BCUT2D eigenvalue weighted by atomic mass is 10.4. The maximum atomic E-state index is 10.5. The lowest BCUT2D eigenvalue weighted by Gasteiger charge is -2.26. The van der Waals surface area contributed by atoms with Crippen molar-refractivity contribution in [2.75, 3.05) is 78.5 Å². The summed E-state index contributed by atoms with van der Waals surface area (Å²) in [4.78, 5) is 47.3. The molecule has 0 aliphatic rings. The molecular formula is C22H46N4O8. The summed E-state index contributed by atoms with van der Waals surface area (Å²) in [6, 6.07) is 0. The predicted molar refractivity (Wildman–Crippen MR) is 123 cm³/mol. The third-order valence-corrected chi connectivity index (χ3v) is 5.16. The van der Waals surface area contributed by atoms with Gasteiger partial charge in [0.15, 0.2) is 0 Å². The average Bonchev–Trinajstić information content (AvgIpc) is 2.74. The van der Waals surface area contributed by atoms with Crippen LogP contribution in [0.4, 0.5) is 0 Å². The molecule has 0 saturated heterocycles. The molecule has 0 aliphatic carbocycles. The minimum Gasteiger partial charge on any atom is -0.549 e. The molecule has 12 nitrogen and oxygen atoms in total. The molecule has 0 rings (SSSR count). The Hall–Kier alpha value is -2.28. The highest BCUT2D eigenvalue weighted by Crippen LogP contribution is 1.93. The number of carboxylic acid groups (broad SMARTS) is 4. The van der Waals surface area contributed by atoms with Crippen molar-refractivity contribution in [1.82, 2.24) is 9.80 Å². The number of nitrogens with one attached hydrogen (secondary N) is 2. The van der Waals surface area contributed by atoms with Crippen molar-refractivity contribution in [3.8, 4) is 0 Å². The van der Waals surface area contributed by atoms with Gasteiger partial charge < -0.3 is 39.8 Å². The fourth-order valence-corrected chi connectivity index (χ4v) is 2.96. The van der Waals surface area contributed by atoms with Crippen molar-refractivity contribution in [3.05, 3.63) is 0 Å². The maximum absolute atomic E-state index is 10.5. The Morgan fingerprint density at radius 3 is 0.941 bits per heavy atom. The molecule has 0 aromatic carbocycles. The van der Waals surface area contributed by atoms with Crippen LogP contribution in [0, 0.1) is 0 Å². The molecule has 0 radical (unpaired) electrons. The van der Waals surface area contributed by atoms with Gasteiger partial charge in [-0.2, -0.15) is 0 Å². The van der Waals surface area contributed by atoms with Gasteiger partial charge in [0.1, 0.15) is 0 Å². The summed E-state index contributed by atoms with van der Waals surface area (Å²) in [7, 11) is 0. The van der Waals surface area contributed by atoms with Gasteiger partial charge in [-0.15, -0.1) is 0 Å². The molecule has 0 fully saturated rings. The number of quaternary nitrogens is 2. The fourth-order valence-electron chi connectivity index (χ4n) is 2.96. The van der Waals surface area contributed by atoms with E-state index in [9.17, 15) is 29.4 Å². The Kier molecular flexibility index (Phi) is 25.5. The van der Waals surface area contributed by atoms with Crippen LogP contribution < -0.4 is 20.0 Å². The van der Waals surface area contributed by atoms with Gasteiger partial charge in [0.05, 0.1) is 64.3 Å². The molecule has 202 valence electrons. The second-order valence-corrected chi connectivity index (χ2v) is 7.57. The van der Waals surface area contributed by atoms with E-state index in [1.54, 1.807) is 9.80 Å². The maximum Gasteiger partial charge on any atom is 0.317 e. The Balaban J connectivity index is -0.000000558. The molecule has 4 N–H and O–H groups in total. The number of rotatable bonds is 17. The Bertz CT molecular complexity index is 464. The number of carboxylic acids is 4. The molecule has 0 unspecified atom stereocenters. The second kappa shape index (κ2) is 23.9. The summed E-state index contributed by atoms with van der Waals surface area (Å²) in [6.45, 7) is 18.2. The molecule has 0 amide bonds. The van der Waals surface area contributed by atoms with E-state index in [2.05, 4.69) is 41.5 Å². The molecule has 0 aromatic heterocycles. The first kappa shape index (κ1) is 36.3. The van der Waals surface area contributed by atoms with Crippen molar-refractivity contribution in [2.45, 2.75) is 41.5 Å². The van der Waals surface area contributed by atoms with Crippen LogP contribution in [0.25, 0.3) is 0 Å². The van der Waals surface area contributed by atoms with Crippen molar-refractivity contribution in [2.24, 2.45) is 0 Å². The topological polar surface area (TPSA) is 170 Å². The fraction of sp³-hybridized carbons (Fsp3) is 0.818. The van der Waals surface area contributed by atoms with Crippen molar-refractivity contribution >= 4 is 23.9 Å². The minimum atomic E-state index is -1.51. The summed E-state index contributed by atoms with van der Waals surface area (Å²) in [5.41, 5.74) is 0. The van der Waals surface area contributed by atoms with Gasteiger partial charge >= 0.3 is 11.9 Å². The van der Waals surface area contributed by atoms with Crippen molar-refractivity contribution in [1.29, 1.82) is 0 Å². The lowest BCUT2D eigenvalue weighted by Crippen LogP contribution is -3.11. The van der Waals surface area contributed by atoms with Crippen LogP contribution in [0.2, 0.25) is 0 Å². The lowest BCUT2D eigenvalue weighted by molar-refractivity contribution is -0.894. The summed E-state index contributed by atoms with van der Waals surface area (Å²) in [5.74, 6) is -5.52. The third kappa shape index (κ3) is 26.0. The van der Waals surface area contributed by atoms with E-state index in [0.717, 1.165) is 9.80 Å². The number of carbonyl (C=O) groups is 4. The van der Waals surface area contributed by atoms with E-state index >= 15 is 0 Å². The normalized spacial score (nSPS) is 10.5. The highest BCUT2D eigenvalue weighted by molar-refractivity contribution is 5.72. The molecule has 12 heteroatoms. The largest absolute Gasteiger partial charge is 0.549 e. The molecule has 34 heavy (non-hydrogen) atoms. The zero-order chi connectivity index (χ0) is 27.1. The van der Waals surface area contributed by atoms with Crippen LogP contribution in [-0.4, -0.2) is 122 Å². The SMILES string of the molecule is CC[NH+](CC)CC.CC[NH+](CC)CC.O=C([O-])CN(CCN(CC(=O)O)CC(=O)O)CC(=O)[O-]. The van der Waals surface area contributed by atoms with Gasteiger partial charge in [0.25, 0.3) is 0 Å². The van der Waals surface area contributed by atoms with Crippen molar-refractivity contribution in [3.63, 3.8) is 0 Å². The highest BCUT2D eigenvalue weighted by Gasteiger charge is 2.15. The van der Waals surface area contributed by atoms with Gasteiger partial charge in [0.2, 0.25) is 0 Å². The Labute approximate surface area is 203 Å². The first-order chi connectivity index (χ1) is 15.9. The van der Waals surface area contributed by atoms with Crippen LogP contribution in [0.5, 0.6) is 0 Å². The molecular weight excluding hydrogens is 448 g/mol. The number of hydrogen-bond acceptors (Lipinski definition) is 8. The molecule has 0 aromatic rings. The van der Waals surface area contributed by atoms with Gasteiger partial charge in [-0.05, 0) is 41.5 Å². The number of carbonyl (C=O) groups excluding carboxylic acids is 2. The quantitative estimate of drug-likeness (QED) is 0.154. The molecule has 0 spiro atoms. The molecule has 0 saturated carbocycles. The minimum absolute atomic E-state index is 0.126. The number of hydrogen-bond donors (Lipinski definition) is 4. The van der Waals surface area contributed by atoms with Crippen LogP contribution in [0.3, 0.4) is 0 Å². The van der Waals surface area contributed by atoms with Crippen molar-refractivity contribution < 1.29 is 49.4 Å². The predicted octanol–water partition coefficient (Wildman–Crippen LogP) is -4.88. The summed E-state index contributed by atoms with van der Waals surface area (Å²) in [5, 5.41) is 38.0. The van der Waals surface area contributed by atoms with E-state index in [1.807, 2.05) is 0 Å². The van der Waals surface area contributed by atoms with Crippen LogP contribution in [-0.2, 0) is 19.2 Å². The van der Waals surface area contributed by atoms with E-state index in [1.165, 1.54) is 39.3 Å². The standard InChI is InChI=1S/C10H16N2O8.2C6H15N/c13-7(14)3-11(4-8(15)16)1-2-12(5-9(17)18)6-10(19)20;2*1-4-7(5-2)6-3/h1-6H2,(H,13,14)(H,15,16)(H,17,18)(H,19,20);2*4-6H2,1-3H3. The summed E-state index contributed by atoms with van der Waals surface area (Å²) in [6.07, 6.45) is 0. The second-order valence-electron chi connectivity index (χ2n) is 7.57. The first-order valence-electron chi connectivity index (χ1n) is 11.8. The number of nitrogens with zero attached hydrogens (tertiary/aromatic N) is 2. The van der Waals surface area contributed by atoms with Gasteiger partial charge in [0, 0.05) is 26.2 Å². The summed E-state index contributed by atoms with van der Waals surface area (Å²) < 4.78 is 0. The zero-order valence-electron chi connectivity index (χ0n) is 21.7. The highest BCUT2D eigenvalue weighted by atomic mass is 16.4. The average molecular weight is 495 g/mol. The summed E-state index contributed by atoms with van der Waals surface area (Å²) >= 11 is 0. The van der Waals surface area contributed by atoms with E-state index in [4.69, 9.17) is 10.2 Å². The smallest absolute Gasteiger partial charge is 0.317 e. The third-order valence-electron chi connectivity index (χ3n) is 5.16. The van der Waals surface area contributed by atoms with E-state index < -0.39 is 50.1 Å². The Morgan fingerprint density at radius 2 is 0.794 bits per heavy atom. The molecule has 0 heterocycles. The van der Waals surface area contributed by atoms with E-state index in [-0.39, 0.29) is 13.1 Å². The van der Waals surface area contributed by atoms with Crippen LogP contribution in [0.15, 0.2) is 0 Å². The van der Waals surface area contributed by atoms with Crippen LogP contribution >= 0.6 is 0 Å². The number of aliphatic carboxylic acids is 4.